The fourth-order valence-corrected chi connectivity index (χ4v) is 0.870. The summed E-state index contributed by atoms with van der Waals surface area (Å²) < 4.78 is 17.5. The Labute approximate surface area is 64.2 Å². The molecule has 0 heterocycles. The van der Waals surface area contributed by atoms with Crippen molar-refractivity contribution in [2.24, 2.45) is 0 Å². The van der Waals surface area contributed by atoms with E-state index in [2.05, 4.69) is 0 Å². The molecule has 0 N–H and O–H groups in total. The van der Waals surface area contributed by atoms with Gasteiger partial charge in [0.25, 0.3) is 0 Å². The maximum absolute atomic E-state index is 12.8. The molecular formula is C8H8FO2. The largest absolute Gasteiger partial charge is 0.496 e. The molecule has 1 aromatic carbocycles. The average molecular weight is 155 g/mol. The summed E-state index contributed by atoms with van der Waals surface area (Å²) in [5.74, 6) is -0.181. The molecule has 1 rings (SSSR count). The molecular weight excluding hydrogens is 147 g/mol. The average Bonchev–Trinajstić information content (AvgIpc) is 2.04. The predicted octanol–water partition coefficient (Wildman–Crippen LogP) is 1.76. The zero-order valence-electron chi connectivity index (χ0n) is 6.13. The Morgan fingerprint density at radius 1 is 1.55 bits per heavy atom. The van der Waals surface area contributed by atoms with Crippen LogP contribution in [0.5, 0.6) is 5.75 Å². The fourth-order valence-electron chi connectivity index (χ4n) is 0.870. The lowest BCUT2D eigenvalue weighted by Crippen LogP contribution is -1.94. The lowest BCUT2D eigenvalue weighted by Gasteiger charge is -2.04. The summed E-state index contributed by atoms with van der Waals surface area (Å²) in [5, 5.41) is 10.4. The minimum absolute atomic E-state index is 0.0926. The van der Waals surface area contributed by atoms with Crippen molar-refractivity contribution in [3.8, 4) is 5.75 Å². The number of rotatable bonds is 2. The molecule has 0 aromatic heterocycles. The first-order chi connectivity index (χ1) is 5.29. The molecule has 0 aliphatic rings. The predicted molar refractivity (Wildman–Crippen MR) is 37.3 cm³/mol. The molecule has 1 aromatic rings. The van der Waals surface area contributed by atoms with E-state index in [1.54, 1.807) is 6.07 Å². The van der Waals surface area contributed by atoms with Gasteiger partial charge < -0.3 is 4.74 Å². The first kappa shape index (κ1) is 8.01. The maximum Gasteiger partial charge on any atom is 0.132 e. The number of benzene rings is 1. The van der Waals surface area contributed by atoms with Crippen LogP contribution in [-0.4, -0.2) is 7.11 Å². The van der Waals surface area contributed by atoms with E-state index in [9.17, 15) is 9.50 Å². The third-order valence-electron chi connectivity index (χ3n) is 1.44. The number of hydrogen-bond donors (Lipinski definition) is 0. The van der Waals surface area contributed by atoms with Gasteiger partial charge in [0.05, 0.1) is 12.7 Å². The van der Waals surface area contributed by atoms with Crippen molar-refractivity contribution in [3.05, 3.63) is 29.6 Å². The van der Waals surface area contributed by atoms with E-state index in [1.165, 1.54) is 19.2 Å². The van der Waals surface area contributed by atoms with Crippen LogP contribution in [0.1, 0.15) is 5.56 Å². The normalized spacial score (nSPS) is 9.73. The van der Waals surface area contributed by atoms with Crippen molar-refractivity contribution in [1.29, 1.82) is 0 Å². The second-order valence-electron chi connectivity index (χ2n) is 2.06. The van der Waals surface area contributed by atoms with E-state index in [1.807, 2.05) is 0 Å². The molecule has 0 saturated heterocycles. The van der Waals surface area contributed by atoms with Gasteiger partial charge in [-0.3, -0.25) is 0 Å². The van der Waals surface area contributed by atoms with Gasteiger partial charge in [-0.1, -0.05) is 6.07 Å². The van der Waals surface area contributed by atoms with Crippen LogP contribution in [0.4, 0.5) is 4.39 Å². The summed E-state index contributed by atoms with van der Waals surface area (Å²) in [4.78, 5) is 0. The van der Waals surface area contributed by atoms with Crippen molar-refractivity contribution in [2.75, 3.05) is 7.11 Å². The maximum atomic E-state index is 12.8. The molecule has 0 aliphatic carbocycles. The first-order valence-corrected chi connectivity index (χ1v) is 3.19. The number of hydrogen-bond acceptors (Lipinski definition) is 1. The standard InChI is InChI=1S/C8H8FO2/c1-11-8-4-2-3-7(9)6(8)5-10/h2-4H,5H2,1H3. The van der Waals surface area contributed by atoms with Crippen LogP contribution in [0, 0.1) is 5.82 Å². The highest BCUT2D eigenvalue weighted by Crippen LogP contribution is 2.20. The topological polar surface area (TPSA) is 29.1 Å². The molecule has 2 nitrogen and oxygen atoms in total. The Hall–Kier alpha value is -1.09. The van der Waals surface area contributed by atoms with Crippen molar-refractivity contribution < 1.29 is 14.2 Å². The van der Waals surface area contributed by atoms with Crippen LogP contribution >= 0.6 is 0 Å². The van der Waals surface area contributed by atoms with Gasteiger partial charge in [0.2, 0.25) is 0 Å². The van der Waals surface area contributed by atoms with E-state index in [0.717, 1.165) is 0 Å². The minimum atomic E-state index is -0.587. The molecule has 0 saturated carbocycles. The van der Waals surface area contributed by atoms with E-state index in [-0.39, 0.29) is 5.56 Å². The van der Waals surface area contributed by atoms with Crippen molar-refractivity contribution in [3.63, 3.8) is 0 Å². The van der Waals surface area contributed by atoms with Gasteiger partial charge in [-0.2, -0.15) is 0 Å². The highest BCUT2D eigenvalue weighted by molar-refractivity contribution is 5.33. The molecule has 1 radical (unpaired) electrons. The number of methoxy groups -OCH3 is 1. The van der Waals surface area contributed by atoms with Gasteiger partial charge in [-0.05, 0) is 12.1 Å². The molecule has 3 heteroatoms. The van der Waals surface area contributed by atoms with E-state index >= 15 is 0 Å². The van der Waals surface area contributed by atoms with E-state index in [4.69, 9.17) is 4.74 Å². The Balaban J connectivity index is 3.13. The van der Waals surface area contributed by atoms with Crippen LogP contribution in [0.15, 0.2) is 18.2 Å². The van der Waals surface area contributed by atoms with Crippen LogP contribution in [0.3, 0.4) is 0 Å². The number of ether oxygens (including phenoxy) is 1. The minimum Gasteiger partial charge on any atom is -0.496 e. The van der Waals surface area contributed by atoms with E-state index < -0.39 is 12.4 Å². The highest BCUT2D eigenvalue weighted by atomic mass is 19.1. The summed E-state index contributed by atoms with van der Waals surface area (Å²) in [6, 6.07) is 4.32. The molecule has 0 amide bonds. The Morgan fingerprint density at radius 3 is 2.73 bits per heavy atom. The monoisotopic (exact) mass is 155 g/mol. The second kappa shape index (κ2) is 3.34. The highest BCUT2D eigenvalue weighted by Gasteiger charge is 2.06. The lowest BCUT2D eigenvalue weighted by atomic mass is 10.2. The molecule has 0 fully saturated rings. The summed E-state index contributed by atoms with van der Waals surface area (Å²) in [6.45, 7) is -0.587. The van der Waals surface area contributed by atoms with E-state index in [0.29, 0.717) is 5.75 Å². The van der Waals surface area contributed by atoms with Gasteiger partial charge >= 0.3 is 0 Å². The third-order valence-corrected chi connectivity index (χ3v) is 1.44. The lowest BCUT2D eigenvalue weighted by molar-refractivity contribution is 0.170. The summed E-state index contributed by atoms with van der Waals surface area (Å²) in [6.07, 6.45) is 0. The third kappa shape index (κ3) is 1.49. The molecule has 59 valence electrons. The zero-order valence-corrected chi connectivity index (χ0v) is 6.13. The molecule has 0 spiro atoms. The van der Waals surface area contributed by atoms with Crippen LogP contribution in [0.2, 0.25) is 0 Å². The van der Waals surface area contributed by atoms with Crippen molar-refractivity contribution in [2.45, 2.75) is 6.61 Å². The van der Waals surface area contributed by atoms with Crippen LogP contribution < -0.4 is 4.74 Å². The van der Waals surface area contributed by atoms with Gasteiger partial charge in [0, 0.05) is 0 Å². The first-order valence-electron chi connectivity index (χ1n) is 3.19. The van der Waals surface area contributed by atoms with Crippen molar-refractivity contribution >= 4 is 0 Å². The molecule has 11 heavy (non-hydrogen) atoms. The fraction of sp³-hybridized carbons (Fsp3) is 0.250. The van der Waals surface area contributed by atoms with Gasteiger partial charge in [0.15, 0.2) is 0 Å². The summed E-state index contributed by atoms with van der Waals surface area (Å²) >= 11 is 0. The Kier molecular flexibility index (Phi) is 2.44. The SMILES string of the molecule is COc1cccc(F)c1C[O]. The van der Waals surface area contributed by atoms with Gasteiger partial charge in [-0.25, -0.2) is 9.50 Å². The molecule has 0 bridgehead atoms. The Bertz CT molecular complexity index is 248. The molecule has 0 aliphatic heterocycles. The molecule has 0 unspecified atom stereocenters. The zero-order chi connectivity index (χ0) is 8.27. The Morgan fingerprint density at radius 2 is 2.27 bits per heavy atom. The number of halogens is 1. The molecule has 0 atom stereocenters. The second-order valence-corrected chi connectivity index (χ2v) is 2.06. The van der Waals surface area contributed by atoms with Gasteiger partial charge in [0.1, 0.15) is 18.2 Å². The summed E-state index contributed by atoms with van der Waals surface area (Å²) in [7, 11) is 1.41. The van der Waals surface area contributed by atoms with Gasteiger partial charge in [-0.15, -0.1) is 0 Å². The quantitative estimate of drug-likeness (QED) is 0.639. The van der Waals surface area contributed by atoms with Crippen LogP contribution in [0.25, 0.3) is 0 Å². The summed E-state index contributed by atoms with van der Waals surface area (Å²) in [5.41, 5.74) is 0.0926. The smallest absolute Gasteiger partial charge is 0.132 e. The van der Waals surface area contributed by atoms with Crippen LogP contribution in [-0.2, 0) is 11.7 Å². The van der Waals surface area contributed by atoms with Crippen molar-refractivity contribution in [1.82, 2.24) is 0 Å².